The van der Waals surface area contributed by atoms with E-state index in [0.717, 1.165) is 23.3 Å². The van der Waals surface area contributed by atoms with Crippen LogP contribution >= 0.6 is 11.8 Å². The second-order valence-corrected chi connectivity index (χ2v) is 5.36. The zero-order chi connectivity index (χ0) is 15.4. The van der Waals surface area contributed by atoms with E-state index in [1.54, 1.807) is 12.1 Å². The van der Waals surface area contributed by atoms with Crippen LogP contribution in [0.15, 0.2) is 46.6 Å². The van der Waals surface area contributed by atoms with Crippen LogP contribution in [0.25, 0.3) is 10.9 Å². The highest BCUT2D eigenvalue weighted by Gasteiger charge is 2.09. The molecule has 108 valence electrons. The van der Waals surface area contributed by atoms with Crippen molar-refractivity contribution in [3.05, 3.63) is 42.1 Å². The van der Waals surface area contributed by atoms with Crippen molar-refractivity contribution in [2.75, 3.05) is 11.9 Å². The summed E-state index contributed by atoms with van der Waals surface area (Å²) in [6.45, 7) is 2.80. The Labute approximate surface area is 131 Å². The molecule has 3 rings (SSSR count). The third kappa shape index (κ3) is 2.97. The first-order valence-corrected chi connectivity index (χ1v) is 7.54. The van der Waals surface area contributed by atoms with Gasteiger partial charge in [0.05, 0.1) is 5.52 Å². The van der Waals surface area contributed by atoms with E-state index in [1.165, 1.54) is 11.8 Å². The van der Waals surface area contributed by atoms with E-state index in [0.29, 0.717) is 10.2 Å². The normalized spacial score (nSPS) is 10.4. The number of nitrogens with one attached hydrogen (secondary N) is 1. The fourth-order valence-corrected chi connectivity index (χ4v) is 2.62. The molecule has 0 saturated carbocycles. The summed E-state index contributed by atoms with van der Waals surface area (Å²) in [7, 11) is 0. The Balaban J connectivity index is 1.97. The minimum atomic E-state index is 0.289. The summed E-state index contributed by atoms with van der Waals surface area (Å²) in [5.41, 5.74) is 1.16. The highest BCUT2D eigenvalue weighted by Crippen LogP contribution is 2.27. The fourth-order valence-electron chi connectivity index (χ4n) is 1.93. The van der Waals surface area contributed by atoms with Gasteiger partial charge in [-0.2, -0.15) is 5.26 Å². The van der Waals surface area contributed by atoms with Gasteiger partial charge in [-0.1, -0.05) is 12.1 Å². The van der Waals surface area contributed by atoms with Gasteiger partial charge in [0.15, 0.2) is 10.9 Å². The van der Waals surface area contributed by atoms with Crippen LogP contribution in [0.5, 0.6) is 0 Å². The number of nitriles is 1. The van der Waals surface area contributed by atoms with Crippen molar-refractivity contribution in [1.82, 2.24) is 20.2 Å². The minimum Gasteiger partial charge on any atom is -0.370 e. The molecule has 3 aromatic rings. The minimum absolute atomic E-state index is 0.289. The second kappa shape index (κ2) is 6.37. The lowest BCUT2D eigenvalue weighted by atomic mass is 10.2. The van der Waals surface area contributed by atoms with Crippen LogP contribution in [0, 0.1) is 11.3 Å². The molecular formula is C15H12N6S. The molecule has 0 radical (unpaired) electrons. The molecule has 2 heterocycles. The maximum atomic E-state index is 8.74. The average molecular weight is 308 g/mol. The van der Waals surface area contributed by atoms with Gasteiger partial charge in [0.2, 0.25) is 0 Å². The SMILES string of the molecule is CCNc1nc(Sc2ccc(C#N)nn2)nc2ccccc12. The molecule has 0 atom stereocenters. The smallest absolute Gasteiger partial charge is 0.196 e. The molecule has 1 N–H and O–H groups in total. The Morgan fingerprint density at radius 1 is 1.14 bits per heavy atom. The molecule has 22 heavy (non-hydrogen) atoms. The van der Waals surface area contributed by atoms with Gasteiger partial charge in [0, 0.05) is 11.9 Å². The molecule has 0 bridgehead atoms. The van der Waals surface area contributed by atoms with Gasteiger partial charge in [-0.05, 0) is 43.0 Å². The molecule has 6 nitrogen and oxygen atoms in total. The molecule has 7 heteroatoms. The molecule has 0 saturated heterocycles. The van der Waals surface area contributed by atoms with E-state index in [-0.39, 0.29) is 5.69 Å². The van der Waals surface area contributed by atoms with E-state index in [2.05, 4.69) is 25.5 Å². The largest absolute Gasteiger partial charge is 0.370 e. The third-order valence-electron chi connectivity index (χ3n) is 2.88. The maximum Gasteiger partial charge on any atom is 0.196 e. The van der Waals surface area contributed by atoms with Crippen LogP contribution in [0.2, 0.25) is 0 Å². The van der Waals surface area contributed by atoms with E-state index in [4.69, 9.17) is 5.26 Å². The molecule has 2 aromatic heterocycles. The van der Waals surface area contributed by atoms with Crippen LogP contribution in [-0.2, 0) is 0 Å². The van der Waals surface area contributed by atoms with Crippen LogP contribution in [0.1, 0.15) is 12.6 Å². The van der Waals surface area contributed by atoms with E-state index >= 15 is 0 Å². The van der Waals surface area contributed by atoms with Crippen LogP contribution in [-0.4, -0.2) is 26.7 Å². The summed E-state index contributed by atoms with van der Waals surface area (Å²) >= 11 is 1.32. The summed E-state index contributed by atoms with van der Waals surface area (Å²) in [5.74, 6) is 0.803. The van der Waals surface area contributed by atoms with E-state index in [9.17, 15) is 0 Å². The first-order chi connectivity index (χ1) is 10.8. The van der Waals surface area contributed by atoms with Crippen molar-refractivity contribution < 1.29 is 0 Å². The Morgan fingerprint density at radius 2 is 2.00 bits per heavy atom. The number of fused-ring (bicyclic) bond motifs is 1. The number of aromatic nitrogens is 4. The molecule has 0 amide bonds. The maximum absolute atomic E-state index is 8.74. The molecule has 0 aliphatic carbocycles. The van der Waals surface area contributed by atoms with Crippen molar-refractivity contribution in [3.8, 4) is 6.07 Å². The van der Waals surface area contributed by atoms with Gasteiger partial charge < -0.3 is 5.32 Å². The van der Waals surface area contributed by atoms with Gasteiger partial charge in [-0.3, -0.25) is 0 Å². The third-order valence-corrected chi connectivity index (χ3v) is 3.67. The van der Waals surface area contributed by atoms with Crippen molar-refractivity contribution in [2.24, 2.45) is 0 Å². The zero-order valence-electron chi connectivity index (χ0n) is 11.8. The highest BCUT2D eigenvalue weighted by atomic mass is 32.2. The second-order valence-electron chi connectivity index (χ2n) is 4.37. The number of benzene rings is 1. The zero-order valence-corrected chi connectivity index (χ0v) is 12.6. The lowest BCUT2D eigenvalue weighted by Crippen LogP contribution is -2.02. The summed E-state index contributed by atoms with van der Waals surface area (Å²) < 4.78 is 0. The summed E-state index contributed by atoms with van der Waals surface area (Å²) in [6, 6.07) is 13.2. The molecule has 0 spiro atoms. The summed E-state index contributed by atoms with van der Waals surface area (Å²) in [4.78, 5) is 9.07. The molecule has 0 aliphatic heterocycles. The van der Waals surface area contributed by atoms with Crippen LogP contribution < -0.4 is 5.32 Å². The van der Waals surface area contributed by atoms with Gasteiger partial charge >= 0.3 is 0 Å². The molecule has 1 aromatic carbocycles. The van der Waals surface area contributed by atoms with Gasteiger partial charge in [0.1, 0.15) is 16.9 Å². The number of hydrogen-bond donors (Lipinski definition) is 1. The molecule has 0 fully saturated rings. The van der Waals surface area contributed by atoms with Gasteiger partial charge in [-0.15, -0.1) is 10.2 Å². The van der Waals surface area contributed by atoms with Crippen LogP contribution in [0.4, 0.5) is 5.82 Å². The Morgan fingerprint density at radius 3 is 2.73 bits per heavy atom. The lowest BCUT2D eigenvalue weighted by Gasteiger charge is -2.08. The number of nitrogens with zero attached hydrogens (tertiary/aromatic N) is 5. The number of para-hydroxylation sites is 1. The molecule has 0 aliphatic rings. The predicted octanol–water partition coefficient (Wildman–Crippen LogP) is 2.87. The number of hydrogen-bond acceptors (Lipinski definition) is 7. The first kappa shape index (κ1) is 14.2. The Hall–Kier alpha value is -2.72. The first-order valence-electron chi connectivity index (χ1n) is 6.72. The van der Waals surface area contributed by atoms with Crippen molar-refractivity contribution in [3.63, 3.8) is 0 Å². The van der Waals surface area contributed by atoms with Gasteiger partial charge in [0.25, 0.3) is 0 Å². The summed E-state index contributed by atoms with van der Waals surface area (Å²) in [6.07, 6.45) is 0. The monoisotopic (exact) mass is 308 g/mol. The Bertz CT molecular complexity index is 841. The van der Waals surface area contributed by atoms with Crippen molar-refractivity contribution in [2.45, 2.75) is 17.1 Å². The van der Waals surface area contributed by atoms with Crippen molar-refractivity contribution >= 4 is 28.5 Å². The topological polar surface area (TPSA) is 87.4 Å². The highest BCUT2D eigenvalue weighted by molar-refractivity contribution is 7.99. The average Bonchev–Trinajstić information content (AvgIpc) is 2.56. The Kier molecular flexibility index (Phi) is 4.12. The predicted molar refractivity (Wildman–Crippen MR) is 84.6 cm³/mol. The van der Waals surface area contributed by atoms with E-state index < -0.39 is 0 Å². The van der Waals surface area contributed by atoms with E-state index in [1.807, 2.05) is 37.3 Å². The lowest BCUT2D eigenvalue weighted by molar-refractivity contribution is 0.905. The van der Waals surface area contributed by atoms with Gasteiger partial charge in [-0.25, -0.2) is 9.97 Å². The summed E-state index contributed by atoms with van der Waals surface area (Å²) in [5, 5.41) is 22.0. The standard InChI is InChI=1S/C15H12N6S/c1-2-17-14-11-5-3-4-6-12(11)18-15(19-14)22-13-8-7-10(9-16)20-21-13/h3-8H,2H2,1H3,(H,17,18,19). The fraction of sp³-hybridized carbons (Fsp3) is 0.133. The number of anilines is 1. The number of rotatable bonds is 4. The van der Waals surface area contributed by atoms with Crippen molar-refractivity contribution in [1.29, 1.82) is 5.26 Å². The van der Waals surface area contributed by atoms with Crippen LogP contribution in [0.3, 0.4) is 0 Å². The molecular weight excluding hydrogens is 296 g/mol. The quantitative estimate of drug-likeness (QED) is 0.741. The molecule has 0 unspecified atom stereocenters.